The zero-order chi connectivity index (χ0) is 9.10. The standard InChI is InChI=1S/C8H9BrN4/c9-6(7-1-2-12-13-7)5-8-10-3-4-11-8/h1-4,6H,5H2,(H,10,11)(H,12,13). The second-order valence-electron chi connectivity index (χ2n) is 2.72. The summed E-state index contributed by atoms with van der Waals surface area (Å²) in [6.45, 7) is 0. The van der Waals surface area contributed by atoms with Crippen LogP contribution in [0, 0.1) is 0 Å². The van der Waals surface area contributed by atoms with Crippen LogP contribution in [0.15, 0.2) is 24.7 Å². The predicted molar refractivity (Wildman–Crippen MR) is 52.5 cm³/mol. The highest BCUT2D eigenvalue weighted by Crippen LogP contribution is 2.23. The van der Waals surface area contributed by atoms with Crippen LogP contribution in [0.1, 0.15) is 16.3 Å². The third-order valence-electron chi connectivity index (χ3n) is 1.79. The van der Waals surface area contributed by atoms with Crippen LogP contribution < -0.4 is 0 Å². The van der Waals surface area contributed by atoms with Gasteiger partial charge in [0.1, 0.15) is 5.82 Å². The van der Waals surface area contributed by atoms with Gasteiger partial charge in [0.05, 0.1) is 4.83 Å². The van der Waals surface area contributed by atoms with Gasteiger partial charge in [0.15, 0.2) is 0 Å². The molecule has 1 atom stereocenters. The zero-order valence-corrected chi connectivity index (χ0v) is 8.45. The lowest BCUT2D eigenvalue weighted by atomic mass is 10.2. The molecule has 0 saturated heterocycles. The fourth-order valence-electron chi connectivity index (χ4n) is 1.13. The van der Waals surface area contributed by atoms with Gasteiger partial charge in [-0.3, -0.25) is 5.10 Å². The quantitative estimate of drug-likeness (QED) is 0.805. The van der Waals surface area contributed by atoms with Crippen LogP contribution >= 0.6 is 15.9 Å². The number of nitrogens with one attached hydrogen (secondary N) is 2. The number of aromatic amines is 2. The molecule has 13 heavy (non-hydrogen) atoms. The van der Waals surface area contributed by atoms with Gasteiger partial charge in [0.25, 0.3) is 0 Å². The van der Waals surface area contributed by atoms with Gasteiger partial charge in [-0.15, -0.1) is 0 Å². The normalized spacial score (nSPS) is 13.0. The lowest BCUT2D eigenvalue weighted by molar-refractivity contribution is 0.838. The molecule has 0 saturated carbocycles. The highest BCUT2D eigenvalue weighted by Gasteiger charge is 2.10. The number of halogens is 1. The Labute approximate surface area is 83.9 Å². The first-order chi connectivity index (χ1) is 6.36. The summed E-state index contributed by atoms with van der Waals surface area (Å²) >= 11 is 3.56. The van der Waals surface area contributed by atoms with Gasteiger partial charge >= 0.3 is 0 Å². The number of hydrogen-bond acceptors (Lipinski definition) is 2. The highest BCUT2D eigenvalue weighted by molar-refractivity contribution is 9.09. The van der Waals surface area contributed by atoms with Crippen molar-refractivity contribution in [3.63, 3.8) is 0 Å². The van der Waals surface area contributed by atoms with E-state index in [2.05, 4.69) is 36.1 Å². The van der Waals surface area contributed by atoms with Crippen molar-refractivity contribution in [3.05, 3.63) is 36.2 Å². The molecule has 2 heterocycles. The molecule has 0 fully saturated rings. The summed E-state index contributed by atoms with van der Waals surface area (Å²) in [6, 6.07) is 1.95. The maximum absolute atomic E-state index is 4.15. The van der Waals surface area contributed by atoms with E-state index in [4.69, 9.17) is 0 Å². The monoisotopic (exact) mass is 240 g/mol. The predicted octanol–water partition coefficient (Wildman–Crippen LogP) is 1.81. The Morgan fingerprint density at radius 1 is 1.46 bits per heavy atom. The zero-order valence-electron chi connectivity index (χ0n) is 6.87. The number of hydrogen-bond donors (Lipinski definition) is 2. The van der Waals surface area contributed by atoms with Crippen LogP contribution in [0.2, 0.25) is 0 Å². The smallest absolute Gasteiger partial charge is 0.107 e. The molecule has 0 aliphatic rings. The van der Waals surface area contributed by atoms with E-state index in [9.17, 15) is 0 Å². The molecule has 68 valence electrons. The molecular weight excluding hydrogens is 232 g/mol. The lowest BCUT2D eigenvalue weighted by Gasteiger charge is -2.03. The summed E-state index contributed by atoms with van der Waals surface area (Å²) in [4.78, 5) is 7.44. The summed E-state index contributed by atoms with van der Waals surface area (Å²) in [5, 5.41) is 6.80. The molecule has 0 bridgehead atoms. The Morgan fingerprint density at radius 3 is 3.00 bits per heavy atom. The van der Waals surface area contributed by atoms with Gasteiger partial charge in [-0.2, -0.15) is 5.10 Å². The number of H-pyrrole nitrogens is 2. The molecular formula is C8H9BrN4. The number of aromatic nitrogens is 4. The average Bonchev–Trinajstić information content (AvgIpc) is 2.74. The minimum Gasteiger partial charge on any atom is -0.349 e. The van der Waals surface area contributed by atoms with Crippen LogP contribution in [0.4, 0.5) is 0 Å². The lowest BCUT2D eigenvalue weighted by Crippen LogP contribution is -1.97. The summed E-state index contributed by atoms with van der Waals surface area (Å²) in [7, 11) is 0. The van der Waals surface area contributed by atoms with Crippen LogP contribution in [0.5, 0.6) is 0 Å². The molecule has 0 aromatic carbocycles. The second-order valence-corrected chi connectivity index (χ2v) is 3.82. The van der Waals surface area contributed by atoms with Crippen molar-refractivity contribution in [2.75, 3.05) is 0 Å². The van der Waals surface area contributed by atoms with E-state index in [-0.39, 0.29) is 4.83 Å². The topological polar surface area (TPSA) is 57.4 Å². The summed E-state index contributed by atoms with van der Waals surface area (Å²) in [5.41, 5.74) is 1.07. The summed E-state index contributed by atoms with van der Waals surface area (Å²) in [5.74, 6) is 0.969. The van der Waals surface area contributed by atoms with E-state index in [0.29, 0.717) is 0 Å². The van der Waals surface area contributed by atoms with Crippen molar-refractivity contribution in [2.24, 2.45) is 0 Å². The first kappa shape index (κ1) is 8.50. The van der Waals surface area contributed by atoms with E-state index < -0.39 is 0 Å². The van der Waals surface area contributed by atoms with Crippen LogP contribution in [0.25, 0.3) is 0 Å². The highest BCUT2D eigenvalue weighted by atomic mass is 79.9. The number of imidazole rings is 1. The molecule has 2 N–H and O–H groups in total. The molecule has 4 nitrogen and oxygen atoms in total. The van der Waals surface area contributed by atoms with Crippen molar-refractivity contribution < 1.29 is 0 Å². The van der Waals surface area contributed by atoms with Crippen molar-refractivity contribution in [3.8, 4) is 0 Å². The van der Waals surface area contributed by atoms with Crippen molar-refractivity contribution in [2.45, 2.75) is 11.2 Å². The van der Waals surface area contributed by atoms with E-state index in [1.54, 1.807) is 12.4 Å². The average molecular weight is 241 g/mol. The fourth-order valence-corrected chi connectivity index (χ4v) is 1.69. The number of nitrogens with zero attached hydrogens (tertiary/aromatic N) is 2. The van der Waals surface area contributed by atoms with Crippen LogP contribution in [0.3, 0.4) is 0 Å². The molecule has 0 spiro atoms. The number of alkyl halides is 1. The molecule has 0 radical (unpaired) electrons. The van der Waals surface area contributed by atoms with Gasteiger partial charge < -0.3 is 4.98 Å². The molecule has 2 rings (SSSR count). The summed E-state index contributed by atoms with van der Waals surface area (Å²) in [6.07, 6.45) is 6.14. The van der Waals surface area contributed by atoms with E-state index in [1.807, 2.05) is 12.3 Å². The SMILES string of the molecule is BrC(Cc1ncc[nH]1)c1ccn[nH]1. The minimum atomic E-state index is 0.237. The second kappa shape index (κ2) is 3.74. The molecule has 0 aliphatic heterocycles. The Hall–Kier alpha value is -1.10. The maximum Gasteiger partial charge on any atom is 0.107 e. The molecule has 1 unspecified atom stereocenters. The van der Waals surface area contributed by atoms with E-state index in [0.717, 1.165) is 17.9 Å². The molecule has 2 aromatic heterocycles. The summed E-state index contributed by atoms with van der Waals surface area (Å²) < 4.78 is 0. The Morgan fingerprint density at radius 2 is 2.38 bits per heavy atom. The van der Waals surface area contributed by atoms with E-state index >= 15 is 0 Å². The minimum absolute atomic E-state index is 0.237. The van der Waals surface area contributed by atoms with Crippen molar-refractivity contribution >= 4 is 15.9 Å². The van der Waals surface area contributed by atoms with Gasteiger partial charge in [0, 0.05) is 30.7 Å². The Bertz CT molecular complexity index is 340. The molecule has 5 heteroatoms. The van der Waals surface area contributed by atoms with Gasteiger partial charge in [-0.1, -0.05) is 15.9 Å². The van der Waals surface area contributed by atoms with Gasteiger partial charge in [0.2, 0.25) is 0 Å². The Balaban J connectivity index is 2.04. The molecule has 0 amide bonds. The van der Waals surface area contributed by atoms with Crippen LogP contribution in [-0.2, 0) is 6.42 Å². The third kappa shape index (κ3) is 1.98. The molecule has 2 aromatic rings. The Kier molecular flexibility index (Phi) is 2.44. The first-order valence-corrected chi connectivity index (χ1v) is 4.89. The van der Waals surface area contributed by atoms with Crippen molar-refractivity contribution in [1.29, 1.82) is 0 Å². The third-order valence-corrected chi connectivity index (χ3v) is 2.60. The van der Waals surface area contributed by atoms with E-state index in [1.165, 1.54) is 0 Å². The maximum atomic E-state index is 4.15. The van der Waals surface area contributed by atoms with Crippen molar-refractivity contribution in [1.82, 2.24) is 20.2 Å². The molecule has 0 aliphatic carbocycles. The van der Waals surface area contributed by atoms with Gasteiger partial charge in [-0.25, -0.2) is 4.98 Å². The van der Waals surface area contributed by atoms with Crippen LogP contribution in [-0.4, -0.2) is 20.2 Å². The first-order valence-electron chi connectivity index (χ1n) is 3.98. The number of rotatable bonds is 3. The van der Waals surface area contributed by atoms with Gasteiger partial charge in [-0.05, 0) is 6.07 Å². The largest absolute Gasteiger partial charge is 0.349 e. The fraction of sp³-hybridized carbons (Fsp3) is 0.250.